The summed E-state index contributed by atoms with van der Waals surface area (Å²) in [4.78, 5) is 32.9. The molecule has 6 nitrogen and oxygen atoms in total. The molecule has 10 heteroatoms. The highest BCUT2D eigenvalue weighted by Crippen LogP contribution is 2.57. The number of carbonyl (C=O) groups is 2. The van der Waals surface area contributed by atoms with Gasteiger partial charge in [-0.1, -0.05) is 26.7 Å². The second-order valence-corrected chi connectivity index (χ2v) is 13.4. The third-order valence-electron chi connectivity index (χ3n) is 6.61. The third-order valence-corrected chi connectivity index (χ3v) is 10.3. The number of unbranched alkanes of at least 4 members (excludes halogenated alkanes) is 3. The zero-order chi connectivity index (χ0) is 26.6. The Hall–Kier alpha value is -1.36. The van der Waals surface area contributed by atoms with Crippen LogP contribution in [0.15, 0.2) is 17.0 Å². The quantitative estimate of drug-likeness (QED) is 0.135. The molecule has 0 aromatic carbocycles. The van der Waals surface area contributed by atoms with Crippen LogP contribution in [0.3, 0.4) is 0 Å². The first-order chi connectivity index (χ1) is 17.7. The molecule has 3 heterocycles. The van der Waals surface area contributed by atoms with Gasteiger partial charge in [-0.2, -0.15) is 0 Å². The van der Waals surface area contributed by atoms with E-state index in [1.54, 1.807) is 11.3 Å². The Bertz CT molecular complexity index is 1150. The van der Waals surface area contributed by atoms with Crippen molar-refractivity contribution in [2.75, 3.05) is 57.8 Å². The molecular weight excluding hydrogens is 548 g/mol. The lowest BCUT2D eigenvalue weighted by Crippen LogP contribution is -2.31. The van der Waals surface area contributed by atoms with Crippen LogP contribution in [0.5, 0.6) is 0 Å². The first kappa shape index (κ1) is 28.6. The monoisotopic (exact) mass is 582 g/mol. The van der Waals surface area contributed by atoms with Gasteiger partial charge in [0.1, 0.15) is 0 Å². The molecule has 2 amide bonds. The van der Waals surface area contributed by atoms with E-state index in [4.69, 9.17) is 21.1 Å². The van der Waals surface area contributed by atoms with Crippen molar-refractivity contribution in [3.63, 3.8) is 0 Å². The number of thiophene rings is 2. The van der Waals surface area contributed by atoms with E-state index >= 15 is 0 Å². The van der Waals surface area contributed by atoms with Crippen LogP contribution < -0.4 is 4.90 Å². The van der Waals surface area contributed by atoms with Crippen molar-refractivity contribution in [1.82, 2.24) is 4.90 Å². The Morgan fingerprint density at radius 2 is 1.62 bits per heavy atom. The molecule has 37 heavy (non-hydrogen) atoms. The molecule has 0 saturated carbocycles. The van der Waals surface area contributed by atoms with Crippen LogP contribution in [0.1, 0.15) is 55.5 Å². The van der Waals surface area contributed by atoms with E-state index in [2.05, 4.69) is 45.0 Å². The van der Waals surface area contributed by atoms with Crippen molar-refractivity contribution >= 4 is 68.3 Å². The number of amides is 2. The Labute approximate surface area is 236 Å². The maximum Gasteiger partial charge on any atom is 0.293 e. The van der Waals surface area contributed by atoms with Gasteiger partial charge in [0.25, 0.3) is 11.1 Å². The number of hydrogen-bond acceptors (Lipinski definition) is 8. The van der Waals surface area contributed by atoms with E-state index in [-0.39, 0.29) is 23.1 Å². The maximum atomic E-state index is 12.9. The van der Waals surface area contributed by atoms with Crippen molar-refractivity contribution < 1.29 is 19.1 Å². The molecule has 0 spiro atoms. The summed E-state index contributed by atoms with van der Waals surface area (Å²) in [6.45, 7) is 6.74. The number of ether oxygens (including phenoxy) is 2. The summed E-state index contributed by atoms with van der Waals surface area (Å²) in [6.07, 6.45) is 6.20. The van der Waals surface area contributed by atoms with Gasteiger partial charge >= 0.3 is 0 Å². The van der Waals surface area contributed by atoms with Crippen LogP contribution in [-0.4, -0.2) is 69.0 Å². The molecule has 0 atom stereocenters. The molecule has 0 bridgehead atoms. The first-order valence-electron chi connectivity index (χ1n) is 12.7. The molecule has 1 aliphatic carbocycles. The van der Waals surface area contributed by atoms with Crippen molar-refractivity contribution in [2.24, 2.45) is 0 Å². The highest BCUT2D eigenvalue weighted by Gasteiger charge is 2.40. The molecule has 1 saturated heterocycles. The minimum absolute atomic E-state index is 0.0807. The van der Waals surface area contributed by atoms with E-state index < -0.39 is 0 Å². The molecule has 1 fully saturated rings. The highest BCUT2D eigenvalue weighted by atomic mass is 35.5. The highest BCUT2D eigenvalue weighted by molar-refractivity contribution is 8.18. The summed E-state index contributed by atoms with van der Waals surface area (Å²) in [7, 11) is 4.13. The van der Waals surface area contributed by atoms with E-state index in [0.717, 1.165) is 48.2 Å². The van der Waals surface area contributed by atoms with Crippen molar-refractivity contribution in [3.05, 3.63) is 33.0 Å². The number of rotatable bonds is 14. The molecule has 2 aromatic heterocycles. The average Bonchev–Trinajstić information content (AvgIpc) is 3.58. The Morgan fingerprint density at radius 1 is 0.946 bits per heavy atom. The number of fused-ring (bicyclic) bond motifs is 3. The normalized spacial score (nSPS) is 17.2. The second kappa shape index (κ2) is 12.7. The van der Waals surface area contributed by atoms with Gasteiger partial charge in [0.05, 0.1) is 41.1 Å². The summed E-state index contributed by atoms with van der Waals surface area (Å²) < 4.78 is 11.2. The summed E-state index contributed by atoms with van der Waals surface area (Å²) in [5, 5.41) is 1.00. The van der Waals surface area contributed by atoms with Crippen LogP contribution in [0.25, 0.3) is 15.8 Å². The molecular formula is C27H35ClN2O4S3. The lowest BCUT2D eigenvalue weighted by Gasteiger charge is -2.19. The number of alkyl halides is 1. The average molecular weight is 583 g/mol. The summed E-state index contributed by atoms with van der Waals surface area (Å²) in [5.41, 5.74) is 2.57. The lowest BCUT2D eigenvalue weighted by atomic mass is 9.84. The topological polar surface area (TPSA) is 59.1 Å². The second-order valence-electron chi connectivity index (χ2n) is 9.90. The van der Waals surface area contributed by atoms with Gasteiger partial charge in [-0.3, -0.25) is 14.5 Å². The fourth-order valence-corrected chi connectivity index (χ4v) is 8.22. The van der Waals surface area contributed by atoms with Gasteiger partial charge in [0.15, 0.2) is 0 Å². The third kappa shape index (κ3) is 6.45. The van der Waals surface area contributed by atoms with Crippen LogP contribution >= 0.6 is 46.0 Å². The number of hydrogen-bond donors (Lipinski definition) is 0. The summed E-state index contributed by atoms with van der Waals surface area (Å²) in [6, 6.07) is 4.47. The van der Waals surface area contributed by atoms with Gasteiger partial charge in [-0.05, 0) is 53.9 Å². The van der Waals surface area contributed by atoms with Crippen LogP contribution in [0.2, 0.25) is 0 Å². The largest absolute Gasteiger partial charge is 0.379 e. The fourth-order valence-electron chi connectivity index (χ4n) is 4.44. The van der Waals surface area contributed by atoms with Gasteiger partial charge in [-0.15, -0.1) is 34.3 Å². The molecule has 1 aliphatic heterocycles. The molecule has 0 N–H and O–H groups in total. The van der Waals surface area contributed by atoms with Crippen LogP contribution in [0, 0.1) is 0 Å². The molecule has 2 aromatic rings. The van der Waals surface area contributed by atoms with E-state index in [0.29, 0.717) is 31.3 Å². The number of anilines is 1. The smallest absolute Gasteiger partial charge is 0.293 e. The van der Waals surface area contributed by atoms with E-state index in [1.807, 2.05) is 17.4 Å². The Kier molecular flexibility index (Phi) is 9.80. The number of thioether (sulfide) groups is 1. The van der Waals surface area contributed by atoms with Crippen molar-refractivity contribution in [1.29, 1.82) is 0 Å². The number of nitrogens with zero attached hydrogens (tertiary/aromatic N) is 2. The Morgan fingerprint density at radius 3 is 2.35 bits per heavy atom. The van der Waals surface area contributed by atoms with Gasteiger partial charge in [0, 0.05) is 41.8 Å². The predicted octanol–water partition coefficient (Wildman–Crippen LogP) is 7.05. The Balaban J connectivity index is 1.28. The van der Waals surface area contributed by atoms with Crippen molar-refractivity contribution in [3.8, 4) is 9.75 Å². The summed E-state index contributed by atoms with van der Waals surface area (Å²) >= 11 is 10.2. The number of imide groups is 1. The van der Waals surface area contributed by atoms with E-state index in [1.165, 1.54) is 30.8 Å². The SMILES string of the molecule is CN(C)c1cc2c(s1)-c1sc(/C=C3\SC(=O)N(CCOCCOCCCCCCCl)C3=O)cc1C2(C)C. The maximum absolute atomic E-state index is 12.9. The molecule has 0 unspecified atom stereocenters. The first-order valence-corrected chi connectivity index (χ1v) is 15.7. The van der Waals surface area contributed by atoms with Gasteiger partial charge in [0.2, 0.25) is 0 Å². The molecule has 4 rings (SSSR count). The molecule has 0 radical (unpaired) electrons. The zero-order valence-electron chi connectivity index (χ0n) is 21.9. The predicted molar refractivity (Wildman–Crippen MR) is 158 cm³/mol. The fraction of sp³-hybridized carbons (Fsp3) is 0.556. The number of carbonyl (C=O) groups excluding carboxylic acids is 2. The minimum Gasteiger partial charge on any atom is -0.379 e. The minimum atomic E-state index is -0.244. The van der Waals surface area contributed by atoms with E-state index in [9.17, 15) is 9.59 Å². The molecule has 202 valence electrons. The zero-order valence-corrected chi connectivity index (χ0v) is 25.1. The van der Waals surface area contributed by atoms with Crippen LogP contribution in [0.4, 0.5) is 9.80 Å². The molecule has 2 aliphatic rings. The van der Waals surface area contributed by atoms with Gasteiger partial charge in [-0.25, -0.2) is 0 Å². The number of halogens is 1. The summed E-state index contributed by atoms with van der Waals surface area (Å²) in [5.74, 6) is 0.473. The standard InChI is InChI=1S/C27H35ClN2O4S3/c1-27(2)19-15-18(35-23(19)24-20(27)17-22(37-24)29(3)4)16-21-25(31)30(26(32)36-21)10-12-34-14-13-33-11-8-6-5-7-9-28/h15-17H,5-14H2,1-4H3/b21-16-. The lowest BCUT2D eigenvalue weighted by molar-refractivity contribution is -0.123. The van der Waals surface area contributed by atoms with Crippen molar-refractivity contribution in [2.45, 2.75) is 44.9 Å². The van der Waals surface area contributed by atoms with Crippen LogP contribution in [-0.2, 0) is 19.7 Å². The van der Waals surface area contributed by atoms with Gasteiger partial charge < -0.3 is 14.4 Å².